The van der Waals surface area contributed by atoms with E-state index >= 15 is 0 Å². The molecule has 1 saturated carbocycles. The van der Waals surface area contributed by atoms with Gasteiger partial charge in [-0.25, -0.2) is 4.79 Å². The van der Waals surface area contributed by atoms with Crippen LogP contribution in [-0.2, 0) is 4.79 Å². The minimum Gasteiger partial charge on any atom is -0.341 e. The number of carbonyl (C=O) groups is 2. The molecule has 0 aliphatic heterocycles. The van der Waals surface area contributed by atoms with Crippen molar-refractivity contribution in [3.8, 4) is 0 Å². The van der Waals surface area contributed by atoms with Gasteiger partial charge in [0, 0.05) is 12.3 Å². The van der Waals surface area contributed by atoms with Gasteiger partial charge < -0.3 is 5.32 Å². The van der Waals surface area contributed by atoms with Gasteiger partial charge in [0.2, 0.25) is 5.91 Å². The summed E-state index contributed by atoms with van der Waals surface area (Å²) in [6, 6.07) is -0.430. The van der Waals surface area contributed by atoms with E-state index in [1.165, 1.54) is 39.2 Å². The number of nitrogens with one attached hydrogen (secondary N) is 2. The van der Waals surface area contributed by atoms with E-state index in [-0.39, 0.29) is 11.2 Å². The second kappa shape index (κ2) is 6.78. The minimum atomic E-state index is -0.430. The maximum atomic E-state index is 11.6. The lowest BCUT2D eigenvalue weighted by molar-refractivity contribution is -0.119. The van der Waals surface area contributed by atoms with Crippen LogP contribution in [0.3, 0.4) is 0 Å². The van der Waals surface area contributed by atoms with Crippen LogP contribution in [0.4, 0.5) is 4.79 Å². The molecule has 4 nitrogen and oxygen atoms in total. The smallest absolute Gasteiger partial charge is 0.321 e. The van der Waals surface area contributed by atoms with Crippen molar-refractivity contribution < 1.29 is 9.59 Å². The highest BCUT2D eigenvalue weighted by molar-refractivity contribution is 8.01. The van der Waals surface area contributed by atoms with E-state index in [4.69, 9.17) is 0 Å². The number of urea groups is 1. The van der Waals surface area contributed by atoms with Crippen molar-refractivity contribution in [2.45, 2.75) is 49.5 Å². The Hall–Kier alpha value is -0.710. The number of thioether (sulfide) groups is 1. The third kappa shape index (κ3) is 4.43. The summed E-state index contributed by atoms with van der Waals surface area (Å²) < 4.78 is 0. The SMILES string of the molecule is CNC(=O)NC(=O)[C@@H](C)SC1CCCCC1. The maximum absolute atomic E-state index is 11.6. The lowest BCUT2D eigenvalue weighted by atomic mass is 10.0. The molecule has 0 saturated heterocycles. The van der Waals surface area contributed by atoms with Gasteiger partial charge >= 0.3 is 6.03 Å². The van der Waals surface area contributed by atoms with E-state index in [0.29, 0.717) is 5.25 Å². The van der Waals surface area contributed by atoms with Crippen LogP contribution in [0, 0.1) is 0 Å². The molecule has 0 unspecified atom stereocenters. The lowest BCUT2D eigenvalue weighted by Crippen LogP contribution is -2.41. The summed E-state index contributed by atoms with van der Waals surface area (Å²) in [5.74, 6) is -0.199. The number of carbonyl (C=O) groups excluding carboxylic acids is 2. The van der Waals surface area contributed by atoms with E-state index in [2.05, 4.69) is 10.6 Å². The second-order valence-electron chi connectivity index (χ2n) is 4.11. The zero-order valence-electron chi connectivity index (χ0n) is 9.91. The van der Waals surface area contributed by atoms with Crippen molar-refractivity contribution in [3.63, 3.8) is 0 Å². The lowest BCUT2D eigenvalue weighted by Gasteiger charge is -2.23. The largest absolute Gasteiger partial charge is 0.341 e. The van der Waals surface area contributed by atoms with Gasteiger partial charge in [-0.15, -0.1) is 11.8 Å². The highest BCUT2D eigenvalue weighted by Gasteiger charge is 2.22. The van der Waals surface area contributed by atoms with E-state index in [1.807, 2.05) is 6.92 Å². The molecule has 92 valence electrons. The van der Waals surface area contributed by atoms with Crippen molar-refractivity contribution in [2.75, 3.05) is 7.05 Å². The van der Waals surface area contributed by atoms with Gasteiger partial charge in [0.25, 0.3) is 0 Å². The van der Waals surface area contributed by atoms with Crippen LogP contribution in [0.15, 0.2) is 0 Å². The molecule has 0 heterocycles. The third-order valence-electron chi connectivity index (χ3n) is 2.78. The molecule has 1 rings (SSSR count). The third-order valence-corrected chi connectivity index (χ3v) is 4.26. The summed E-state index contributed by atoms with van der Waals surface area (Å²) in [6.07, 6.45) is 6.24. The molecule has 0 spiro atoms. The highest BCUT2D eigenvalue weighted by atomic mass is 32.2. The van der Waals surface area contributed by atoms with Crippen LogP contribution in [0.25, 0.3) is 0 Å². The standard InChI is InChI=1S/C11H20N2O2S/c1-8(10(14)13-11(15)12-2)16-9-6-4-3-5-7-9/h8-9H,3-7H2,1-2H3,(H2,12,13,14,15)/t8-/m1/s1. The van der Waals surface area contributed by atoms with Gasteiger partial charge in [0.15, 0.2) is 0 Å². The summed E-state index contributed by atoms with van der Waals surface area (Å²) in [4.78, 5) is 22.6. The summed E-state index contributed by atoms with van der Waals surface area (Å²) in [5, 5.41) is 5.11. The van der Waals surface area contributed by atoms with Crippen LogP contribution >= 0.6 is 11.8 Å². The Balaban J connectivity index is 2.29. The Morgan fingerprint density at radius 2 is 1.88 bits per heavy atom. The van der Waals surface area contributed by atoms with Gasteiger partial charge in [-0.2, -0.15) is 0 Å². The molecule has 1 aliphatic carbocycles. The van der Waals surface area contributed by atoms with Crippen LogP contribution in [0.1, 0.15) is 39.0 Å². The molecule has 1 aliphatic rings. The van der Waals surface area contributed by atoms with Crippen LogP contribution < -0.4 is 10.6 Å². The van der Waals surface area contributed by atoms with Crippen LogP contribution in [0.5, 0.6) is 0 Å². The van der Waals surface area contributed by atoms with E-state index in [1.54, 1.807) is 11.8 Å². The Kier molecular flexibility index (Phi) is 5.66. The first kappa shape index (κ1) is 13.4. The second-order valence-corrected chi connectivity index (χ2v) is 5.75. The summed E-state index contributed by atoms with van der Waals surface area (Å²) >= 11 is 1.69. The number of hydrogen-bond donors (Lipinski definition) is 2. The molecule has 0 aromatic rings. The number of amides is 3. The van der Waals surface area contributed by atoms with Gasteiger partial charge in [0.05, 0.1) is 5.25 Å². The van der Waals surface area contributed by atoms with Gasteiger partial charge in [0.1, 0.15) is 0 Å². The van der Waals surface area contributed by atoms with Crippen molar-refractivity contribution >= 4 is 23.7 Å². The van der Waals surface area contributed by atoms with Crippen molar-refractivity contribution in [2.24, 2.45) is 0 Å². The fourth-order valence-corrected chi connectivity index (χ4v) is 3.19. The first-order valence-corrected chi connectivity index (χ1v) is 6.75. The van der Waals surface area contributed by atoms with Crippen LogP contribution in [-0.4, -0.2) is 29.5 Å². The molecule has 0 radical (unpaired) electrons. The zero-order chi connectivity index (χ0) is 12.0. The average molecular weight is 244 g/mol. The molecular weight excluding hydrogens is 224 g/mol. The fourth-order valence-electron chi connectivity index (χ4n) is 1.83. The van der Waals surface area contributed by atoms with Crippen molar-refractivity contribution in [3.05, 3.63) is 0 Å². The summed E-state index contributed by atoms with van der Waals surface area (Å²) in [7, 11) is 1.50. The summed E-state index contributed by atoms with van der Waals surface area (Å²) in [6.45, 7) is 1.86. The minimum absolute atomic E-state index is 0.152. The quantitative estimate of drug-likeness (QED) is 0.797. The average Bonchev–Trinajstić information content (AvgIpc) is 2.30. The molecule has 3 amide bonds. The highest BCUT2D eigenvalue weighted by Crippen LogP contribution is 2.30. The molecule has 0 aromatic heterocycles. The molecule has 1 atom stereocenters. The predicted octanol–water partition coefficient (Wildman–Crippen LogP) is 1.90. The first-order valence-electron chi connectivity index (χ1n) is 5.81. The molecule has 2 N–H and O–H groups in total. The molecule has 1 fully saturated rings. The zero-order valence-corrected chi connectivity index (χ0v) is 10.7. The number of rotatable bonds is 3. The number of imide groups is 1. The summed E-state index contributed by atoms with van der Waals surface area (Å²) in [5.41, 5.74) is 0. The topological polar surface area (TPSA) is 58.2 Å². The Morgan fingerprint density at radius 3 is 2.44 bits per heavy atom. The van der Waals surface area contributed by atoms with Crippen LogP contribution in [0.2, 0.25) is 0 Å². The van der Waals surface area contributed by atoms with Crippen molar-refractivity contribution in [1.29, 1.82) is 0 Å². The Bertz CT molecular complexity index is 252. The first-order chi connectivity index (χ1) is 7.63. The van der Waals surface area contributed by atoms with Crippen molar-refractivity contribution in [1.82, 2.24) is 10.6 Å². The molecular formula is C11H20N2O2S. The van der Waals surface area contributed by atoms with Gasteiger partial charge in [-0.05, 0) is 19.8 Å². The molecule has 0 bridgehead atoms. The molecule has 0 aromatic carbocycles. The molecule has 16 heavy (non-hydrogen) atoms. The maximum Gasteiger partial charge on any atom is 0.321 e. The van der Waals surface area contributed by atoms with E-state index in [0.717, 1.165) is 0 Å². The Morgan fingerprint density at radius 1 is 1.25 bits per heavy atom. The van der Waals surface area contributed by atoms with Gasteiger partial charge in [-0.1, -0.05) is 19.3 Å². The predicted molar refractivity (Wildman–Crippen MR) is 66.5 cm³/mol. The molecule has 5 heteroatoms. The fraction of sp³-hybridized carbons (Fsp3) is 0.818. The Labute approximate surface area is 101 Å². The van der Waals surface area contributed by atoms with Gasteiger partial charge in [-0.3, -0.25) is 10.1 Å². The van der Waals surface area contributed by atoms with E-state index < -0.39 is 6.03 Å². The van der Waals surface area contributed by atoms with E-state index in [9.17, 15) is 9.59 Å². The monoisotopic (exact) mass is 244 g/mol. The normalized spacial score (nSPS) is 18.9. The number of hydrogen-bond acceptors (Lipinski definition) is 3.